The number of alkyl halides is 3. The number of carbonyl (C=O) groups is 2. The van der Waals surface area contributed by atoms with E-state index in [1.807, 2.05) is 0 Å². The number of amides is 1. The van der Waals surface area contributed by atoms with Gasteiger partial charge in [-0.3, -0.25) is 9.59 Å². The number of rotatable bonds is 10. The lowest BCUT2D eigenvalue weighted by Gasteiger charge is -2.18. The van der Waals surface area contributed by atoms with Crippen molar-refractivity contribution in [1.29, 1.82) is 0 Å². The number of carboxylic acid groups (broad SMARTS) is 1. The summed E-state index contributed by atoms with van der Waals surface area (Å²) >= 11 is 0. The second-order valence-electron chi connectivity index (χ2n) is 8.44. The SMILES string of the molecule is O=C(O)CCNCC(=O)N1CCc2cc(OCc3ccc(Oc4ccccc4)c(C(F)(F)F)c3)ccc21. The number of nitrogens with zero attached hydrogens (tertiary/aromatic N) is 1. The van der Waals surface area contributed by atoms with Crippen LogP contribution in [0.5, 0.6) is 17.2 Å². The summed E-state index contributed by atoms with van der Waals surface area (Å²) in [5.41, 5.74) is 1.06. The molecule has 0 unspecified atom stereocenters. The molecule has 0 saturated heterocycles. The molecule has 0 aromatic heterocycles. The number of carboxylic acids is 1. The Balaban J connectivity index is 1.40. The van der Waals surface area contributed by atoms with Crippen molar-refractivity contribution in [2.45, 2.75) is 25.6 Å². The number of para-hydroxylation sites is 1. The quantitative estimate of drug-likeness (QED) is 0.369. The van der Waals surface area contributed by atoms with Crippen molar-refractivity contribution in [3.63, 3.8) is 0 Å². The zero-order chi connectivity index (χ0) is 26.4. The molecule has 2 N–H and O–H groups in total. The van der Waals surface area contributed by atoms with Gasteiger partial charge in [0.05, 0.1) is 18.5 Å². The van der Waals surface area contributed by atoms with E-state index in [2.05, 4.69) is 5.32 Å². The van der Waals surface area contributed by atoms with E-state index in [0.717, 1.165) is 17.3 Å². The molecule has 0 bridgehead atoms. The van der Waals surface area contributed by atoms with Crippen LogP contribution in [0, 0.1) is 0 Å². The molecule has 0 radical (unpaired) electrons. The van der Waals surface area contributed by atoms with Crippen LogP contribution < -0.4 is 19.7 Å². The molecule has 37 heavy (non-hydrogen) atoms. The molecule has 3 aromatic rings. The smallest absolute Gasteiger partial charge is 0.419 e. The Morgan fingerprint density at radius 3 is 2.51 bits per heavy atom. The Labute approximate surface area is 211 Å². The van der Waals surface area contributed by atoms with Gasteiger partial charge in [-0.2, -0.15) is 13.2 Å². The topological polar surface area (TPSA) is 88.1 Å². The predicted octanol–water partition coefficient (Wildman–Crippen LogP) is 5.03. The van der Waals surface area contributed by atoms with Crippen LogP contribution in [0.3, 0.4) is 0 Å². The fourth-order valence-corrected chi connectivity index (χ4v) is 3.97. The largest absolute Gasteiger partial charge is 0.489 e. The average Bonchev–Trinajstić information content (AvgIpc) is 3.29. The van der Waals surface area contributed by atoms with Crippen molar-refractivity contribution in [1.82, 2.24) is 5.32 Å². The van der Waals surface area contributed by atoms with E-state index in [4.69, 9.17) is 14.6 Å². The Hall–Kier alpha value is -4.05. The predicted molar refractivity (Wildman–Crippen MR) is 130 cm³/mol. The third-order valence-corrected chi connectivity index (χ3v) is 5.77. The first-order valence-corrected chi connectivity index (χ1v) is 11.6. The highest BCUT2D eigenvalue weighted by atomic mass is 19.4. The lowest BCUT2D eigenvalue weighted by molar-refractivity contribution is -0.139. The van der Waals surface area contributed by atoms with Gasteiger partial charge in [-0.15, -0.1) is 0 Å². The van der Waals surface area contributed by atoms with Gasteiger partial charge in [0.2, 0.25) is 5.91 Å². The van der Waals surface area contributed by atoms with Gasteiger partial charge in [-0.05, 0) is 60.0 Å². The van der Waals surface area contributed by atoms with Gasteiger partial charge in [0.25, 0.3) is 0 Å². The van der Waals surface area contributed by atoms with Crippen molar-refractivity contribution >= 4 is 17.6 Å². The molecule has 194 valence electrons. The van der Waals surface area contributed by atoms with Gasteiger partial charge in [0.15, 0.2) is 0 Å². The number of carbonyl (C=O) groups excluding carboxylic acids is 1. The molecule has 1 aliphatic rings. The fraction of sp³-hybridized carbons (Fsp3) is 0.259. The first-order valence-electron chi connectivity index (χ1n) is 11.6. The Bertz CT molecular complexity index is 1260. The summed E-state index contributed by atoms with van der Waals surface area (Å²) in [6.45, 7) is 0.625. The van der Waals surface area contributed by atoms with E-state index in [9.17, 15) is 22.8 Å². The molecule has 1 amide bonds. The normalized spacial score (nSPS) is 12.8. The number of hydrogen-bond donors (Lipinski definition) is 2. The molecule has 1 aliphatic heterocycles. The number of fused-ring (bicyclic) bond motifs is 1. The molecule has 0 spiro atoms. The number of aliphatic carboxylic acids is 1. The lowest BCUT2D eigenvalue weighted by Crippen LogP contribution is -2.37. The number of benzene rings is 3. The molecule has 4 rings (SSSR count). The minimum absolute atomic E-state index is 0.0243. The minimum atomic E-state index is -4.60. The van der Waals surface area contributed by atoms with Crippen LogP contribution in [0.25, 0.3) is 0 Å². The summed E-state index contributed by atoms with van der Waals surface area (Å²) in [7, 11) is 0. The van der Waals surface area contributed by atoms with E-state index in [-0.39, 0.29) is 37.8 Å². The molecule has 7 nitrogen and oxygen atoms in total. The van der Waals surface area contributed by atoms with Gasteiger partial charge in [-0.25, -0.2) is 0 Å². The number of nitrogens with one attached hydrogen (secondary N) is 1. The summed E-state index contributed by atoms with van der Waals surface area (Å²) in [5, 5.41) is 11.5. The minimum Gasteiger partial charge on any atom is -0.489 e. The zero-order valence-electron chi connectivity index (χ0n) is 19.8. The Kier molecular flexibility index (Phi) is 7.98. The van der Waals surface area contributed by atoms with Crippen LogP contribution in [-0.4, -0.2) is 36.6 Å². The summed E-state index contributed by atoms with van der Waals surface area (Å²) in [6.07, 6.45) is -4.07. The summed E-state index contributed by atoms with van der Waals surface area (Å²) in [6, 6.07) is 17.3. The molecule has 1 heterocycles. The van der Waals surface area contributed by atoms with Gasteiger partial charge >= 0.3 is 12.1 Å². The van der Waals surface area contributed by atoms with Crippen LogP contribution in [-0.2, 0) is 28.8 Å². The van der Waals surface area contributed by atoms with Crippen LogP contribution in [0.4, 0.5) is 18.9 Å². The van der Waals surface area contributed by atoms with E-state index in [0.29, 0.717) is 30.0 Å². The van der Waals surface area contributed by atoms with Crippen LogP contribution >= 0.6 is 0 Å². The Morgan fingerprint density at radius 1 is 1.00 bits per heavy atom. The molecular weight excluding hydrogens is 489 g/mol. The highest BCUT2D eigenvalue weighted by Gasteiger charge is 2.35. The van der Waals surface area contributed by atoms with Gasteiger partial charge in [-0.1, -0.05) is 24.3 Å². The molecule has 3 aromatic carbocycles. The first-order chi connectivity index (χ1) is 17.7. The summed E-state index contributed by atoms with van der Waals surface area (Å²) < 4.78 is 52.3. The second-order valence-corrected chi connectivity index (χ2v) is 8.44. The molecule has 0 aliphatic carbocycles. The third kappa shape index (κ3) is 6.79. The number of hydrogen-bond acceptors (Lipinski definition) is 5. The summed E-state index contributed by atoms with van der Waals surface area (Å²) in [5.74, 6) is -0.618. The van der Waals surface area contributed by atoms with Gasteiger partial charge < -0.3 is 24.8 Å². The monoisotopic (exact) mass is 514 g/mol. The molecule has 0 fully saturated rings. The molecule has 10 heteroatoms. The van der Waals surface area contributed by atoms with Crippen molar-refractivity contribution in [3.8, 4) is 17.2 Å². The zero-order valence-corrected chi connectivity index (χ0v) is 19.8. The average molecular weight is 515 g/mol. The highest BCUT2D eigenvalue weighted by molar-refractivity contribution is 5.96. The van der Waals surface area contributed by atoms with Crippen LogP contribution in [0.1, 0.15) is 23.1 Å². The number of anilines is 1. The van der Waals surface area contributed by atoms with Crippen LogP contribution in [0.15, 0.2) is 66.7 Å². The Morgan fingerprint density at radius 2 is 1.78 bits per heavy atom. The van der Waals surface area contributed by atoms with Gasteiger partial charge in [0, 0.05) is 18.8 Å². The van der Waals surface area contributed by atoms with E-state index >= 15 is 0 Å². The maximum atomic E-state index is 13.7. The maximum Gasteiger partial charge on any atom is 0.419 e. The van der Waals surface area contributed by atoms with E-state index in [1.165, 1.54) is 12.1 Å². The molecule has 0 atom stereocenters. The second kappa shape index (κ2) is 11.3. The fourth-order valence-electron chi connectivity index (χ4n) is 3.97. The third-order valence-electron chi connectivity index (χ3n) is 5.77. The standard InChI is InChI=1S/C27H25F3N2O5/c28-27(29,30)22-14-18(6-9-24(22)37-20-4-2-1-3-5-20)17-36-21-7-8-23-19(15-21)11-13-32(23)25(33)16-31-12-10-26(34)35/h1-9,14-15,31H,10-13,16-17H2,(H,34,35). The van der Waals surface area contributed by atoms with E-state index in [1.54, 1.807) is 53.4 Å². The number of halogens is 3. The van der Waals surface area contributed by atoms with Crippen molar-refractivity contribution in [2.24, 2.45) is 0 Å². The summed E-state index contributed by atoms with van der Waals surface area (Å²) in [4.78, 5) is 24.7. The maximum absolute atomic E-state index is 13.7. The van der Waals surface area contributed by atoms with E-state index < -0.39 is 17.7 Å². The van der Waals surface area contributed by atoms with Crippen molar-refractivity contribution in [2.75, 3.05) is 24.5 Å². The highest BCUT2D eigenvalue weighted by Crippen LogP contribution is 2.39. The van der Waals surface area contributed by atoms with Crippen molar-refractivity contribution < 1.29 is 37.3 Å². The number of ether oxygens (including phenoxy) is 2. The van der Waals surface area contributed by atoms with Crippen molar-refractivity contribution in [3.05, 3.63) is 83.4 Å². The lowest BCUT2D eigenvalue weighted by atomic mass is 10.1. The first kappa shape index (κ1) is 26.0. The van der Waals surface area contributed by atoms with Crippen LogP contribution in [0.2, 0.25) is 0 Å². The molecular formula is C27H25F3N2O5. The van der Waals surface area contributed by atoms with Gasteiger partial charge in [0.1, 0.15) is 23.9 Å². The molecule has 0 saturated carbocycles.